The lowest BCUT2D eigenvalue weighted by atomic mass is 10.2. The van der Waals surface area contributed by atoms with Gasteiger partial charge < -0.3 is 14.6 Å². The Kier molecular flexibility index (Phi) is 6.82. The van der Waals surface area contributed by atoms with Crippen molar-refractivity contribution in [3.63, 3.8) is 0 Å². The quantitative estimate of drug-likeness (QED) is 0.695. The van der Waals surface area contributed by atoms with Crippen molar-refractivity contribution in [3.05, 3.63) is 30.0 Å². The molecular formula is C17H21F3N2O5. The van der Waals surface area contributed by atoms with E-state index in [1.165, 1.54) is 13.0 Å². The summed E-state index contributed by atoms with van der Waals surface area (Å²) in [6.07, 6.45) is -5.07. The second kappa shape index (κ2) is 8.28. The van der Waals surface area contributed by atoms with Gasteiger partial charge in [0.05, 0.1) is 5.69 Å². The van der Waals surface area contributed by atoms with E-state index < -0.39 is 52.8 Å². The summed E-state index contributed by atoms with van der Waals surface area (Å²) in [5.41, 5.74) is -3.73. The number of nitrogens with one attached hydrogen (secondary N) is 1. The molecule has 0 unspecified atom stereocenters. The number of hydrogen-bond donors (Lipinski definition) is 2. The Balaban J connectivity index is 3.40. The van der Waals surface area contributed by atoms with Crippen molar-refractivity contribution < 1.29 is 37.3 Å². The monoisotopic (exact) mass is 390 g/mol. The highest BCUT2D eigenvalue weighted by Crippen LogP contribution is 2.38. The number of rotatable bonds is 6. The van der Waals surface area contributed by atoms with Crippen LogP contribution in [0.5, 0.6) is 5.88 Å². The van der Waals surface area contributed by atoms with Gasteiger partial charge >= 0.3 is 18.2 Å². The first kappa shape index (κ1) is 22.3. The number of alkyl halides is 3. The summed E-state index contributed by atoms with van der Waals surface area (Å²) in [6, 6.07) is 0.455. The third-order valence-electron chi connectivity index (χ3n) is 2.94. The van der Waals surface area contributed by atoms with Gasteiger partial charge in [0.25, 0.3) is 0 Å². The second-order valence-electron chi connectivity index (χ2n) is 6.62. The lowest BCUT2D eigenvalue weighted by molar-refractivity contribution is -0.139. The molecule has 1 amide bonds. The molecule has 0 aliphatic carbocycles. The van der Waals surface area contributed by atoms with Crippen molar-refractivity contribution in [1.29, 1.82) is 0 Å². The number of carbonyl (C=O) groups is 2. The molecule has 0 radical (unpaired) electrons. The molecular weight excluding hydrogens is 369 g/mol. The van der Waals surface area contributed by atoms with Gasteiger partial charge in [-0.25, -0.2) is 14.6 Å². The first-order valence-electron chi connectivity index (χ1n) is 7.87. The normalized spacial score (nSPS) is 12.9. The van der Waals surface area contributed by atoms with E-state index in [1.54, 1.807) is 20.8 Å². The maximum absolute atomic E-state index is 13.4. The van der Waals surface area contributed by atoms with Gasteiger partial charge in [-0.15, -0.1) is 6.58 Å². The minimum absolute atomic E-state index is 0.222. The minimum atomic E-state index is -4.89. The summed E-state index contributed by atoms with van der Waals surface area (Å²) < 4.78 is 50.2. The van der Waals surface area contributed by atoms with Gasteiger partial charge in [-0.05, 0) is 33.8 Å². The van der Waals surface area contributed by atoms with Crippen LogP contribution >= 0.6 is 0 Å². The molecule has 1 aromatic heterocycles. The standard InChI is InChI=1S/C17H21F3N2O5/c1-6-7-9(2)26-13-10(17(18,19)20)8-11(12(22-13)14(23)24)21-15(25)27-16(3,4)5/h6,8-9H,1,7H2,2-5H3,(H,21,25)(H,23,24)/t9-/m1/s1. The molecule has 0 aliphatic rings. The molecule has 0 spiro atoms. The van der Waals surface area contributed by atoms with Crippen LogP contribution in [0.1, 0.15) is 50.2 Å². The number of nitrogens with zero attached hydrogens (tertiary/aromatic N) is 1. The maximum Gasteiger partial charge on any atom is 0.421 e. The smallest absolute Gasteiger partial charge is 0.421 e. The molecule has 2 N–H and O–H groups in total. The largest absolute Gasteiger partial charge is 0.476 e. The third kappa shape index (κ3) is 6.80. The van der Waals surface area contributed by atoms with Crippen molar-refractivity contribution in [3.8, 4) is 5.88 Å². The Morgan fingerprint density at radius 2 is 1.96 bits per heavy atom. The first-order valence-corrected chi connectivity index (χ1v) is 7.87. The average Bonchev–Trinajstić information content (AvgIpc) is 2.45. The zero-order chi connectivity index (χ0) is 21.0. The molecule has 150 valence electrons. The molecule has 0 bridgehead atoms. The van der Waals surface area contributed by atoms with E-state index in [0.717, 1.165) is 0 Å². The fourth-order valence-corrected chi connectivity index (χ4v) is 1.93. The predicted molar refractivity (Wildman–Crippen MR) is 91.0 cm³/mol. The fraction of sp³-hybridized carbons (Fsp3) is 0.471. The lowest BCUT2D eigenvalue weighted by Gasteiger charge is -2.21. The van der Waals surface area contributed by atoms with Crippen LogP contribution in [0, 0.1) is 0 Å². The number of amides is 1. The third-order valence-corrected chi connectivity index (χ3v) is 2.94. The summed E-state index contributed by atoms with van der Waals surface area (Å²) in [4.78, 5) is 26.7. The SMILES string of the molecule is C=CC[C@@H](C)Oc1nc(C(=O)O)c(NC(=O)OC(C)(C)C)cc1C(F)(F)F. The Labute approximate surface area is 154 Å². The molecule has 1 rings (SSSR count). The van der Waals surface area contributed by atoms with E-state index in [0.29, 0.717) is 6.07 Å². The highest BCUT2D eigenvalue weighted by atomic mass is 19.4. The molecule has 1 atom stereocenters. The van der Waals surface area contributed by atoms with E-state index >= 15 is 0 Å². The van der Waals surface area contributed by atoms with Gasteiger partial charge in [0.15, 0.2) is 5.69 Å². The number of carboxylic acid groups (broad SMARTS) is 1. The molecule has 0 aliphatic heterocycles. The zero-order valence-electron chi connectivity index (χ0n) is 15.3. The maximum atomic E-state index is 13.4. The number of hydrogen-bond acceptors (Lipinski definition) is 5. The number of carboxylic acids is 1. The fourth-order valence-electron chi connectivity index (χ4n) is 1.93. The second-order valence-corrected chi connectivity index (χ2v) is 6.62. The van der Waals surface area contributed by atoms with E-state index in [-0.39, 0.29) is 6.42 Å². The molecule has 0 aromatic carbocycles. The number of anilines is 1. The highest BCUT2D eigenvalue weighted by molar-refractivity contribution is 5.97. The topological polar surface area (TPSA) is 97.8 Å². The van der Waals surface area contributed by atoms with E-state index in [1.807, 2.05) is 5.32 Å². The Bertz CT molecular complexity index is 727. The van der Waals surface area contributed by atoms with Crippen LogP contribution in [-0.4, -0.2) is 33.9 Å². The first-order chi connectivity index (χ1) is 12.2. The Morgan fingerprint density at radius 1 is 1.37 bits per heavy atom. The van der Waals surface area contributed by atoms with Crippen LogP contribution in [0.3, 0.4) is 0 Å². The summed E-state index contributed by atoms with van der Waals surface area (Å²) in [5, 5.41) is 11.2. The van der Waals surface area contributed by atoms with Crippen molar-refractivity contribution in [2.45, 2.75) is 52.0 Å². The van der Waals surface area contributed by atoms with E-state index in [4.69, 9.17) is 9.47 Å². The number of halogens is 3. The van der Waals surface area contributed by atoms with Crippen molar-refractivity contribution in [2.24, 2.45) is 0 Å². The van der Waals surface area contributed by atoms with Crippen molar-refractivity contribution >= 4 is 17.7 Å². The van der Waals surface area contributed by atoms with Gasteiger partial charge in [0.1, 0.15) is 17.3 Å². The molecule has 1 heterocycles. The van der Waals surface area contributed by atoms with Crippen LogP contribution in [-0.2, 0) is 10.9 Å². The van der Waals surface area contributed by atoms with E-state index in [2.05, 4.69) is 11.6 Å². The van der Waals surface area contributed by atoms with Crippen molar-refractivity contribution in [1.82, 2.24) is 4.98 Å². The predicted octanol–water partition coefficient (Wildman–Crippen LogP) is 4.49. The molecule has 7 nitrogen and oxygen atoms in total. The van der Waals surface area contributed by atoms with Crippen LogP contribution < -0.4 is 10.1 Å². The Morgan fingerprint density at radius 3 is 2.41 bits per heavy atom. The minimum Gasteiger partial charge on any atom is -0.476 e. The molecule has 0 saturated heterocycles. The van der Waals surface area contributed by atoms with Gasteiger partial charge in [-0.1, -0.05) is 6.08 Å². The van der Waals surface area contributed by atoms with Crippen LogP contribution in [0.2, 0.25) is 0 Å². The van der Waals surface area contributed by atoms with Crippen LogP contribution in [0.25, 0.3) is 0 Å². The van der Waals surface area contributed by atoms with Crippen LogP contribution in [0.4, 0.5) is 23.7 Å². The molecule has 1 aromatic rings. The molecule has 0 fully saturated rings. The van der Waals surface area contributed by atoms with Gasteiger partial charge in [0, 0.05) is 6.42 Å². The average molecular weight is 390 g/mol. The van der Waals surface area contributed by atoms with Gasteiger partial charge in [0.2, 0.25) is 5.88 Å². The summed E-state index contributed by atoms with van der Waals surface area (Å²) in [5.74, 6) is -2.54. The molecule has 0 saturated carbocycles. The number of aromatic carboxylic acids is 1. The highest BCUT2D eigenvalue weighted by Gasteiger charge is 2.38. The lowest BCUT2D eigenvalue weighted by Crippen LogP contribution is -2.28. The zero-order valence-corrected chi connectivity index (χ0v) is 15.3. The molecule has 27 heavy (non-hydrogen) atoms. The van der Waals surface area contributed by atoms with Gasteiger partial charge in [-0.2, -0.15) is 13.2 Å². The van der Waals surface area contributed by atoms with Crippen molar-refractivity contribution in [2.75, 3.05) is 5.32 Å². The molecule has 10 heteroatoms. The van der Waals surface area contributed by atoms with Crippen LogP contribution in [0.15, 0.2) is 18.7 Å². The number of ether oxygens (including phenoxy) is 2. The number of pyridine rings is 1. The van der Waals surface area contributed by atoms with E-state index in [9.17, 15) is 27.9 Å². The van der Waals surface area contributed by atoms with Gasteiger partial charge in [-0.3, -0.25) is 5.32 Å². The number of aromatic nitrogens is 1. The summed E-state index contributed by atoms with van der Waals surface area (Å²) in [6.45, 7) is 9.57. The Hall–Kier alpha value is -2.78. The number of carbonyl (C=O) groups excluding carboxylic acids is 1. The summed E-state index contributed by atoms with van der Waals surface area (Å²) in [7, 11) is 0. The summed E-state index contributed by atoms with van der Waals surface area (Å²) >= 11 is 0.